The number of rotatable bonds is 4. The molecule has 6 nitrogen and oxygen atoms in total. The largest absolute Gasteiger partial charge is 0.383 e. The van der Waals surface area contributed by atoms with Crippen LogP contribution in [-0.4, -0.2) is 46.7 Å². The van der Waals surface area contributed by atoms with Gasteiger partial charge >= 0.3 is 0 Å². The normalized spacial score (nSPS) is 20.4. The monoisotopic (exact) mass is 425 g/mol. The number of carbonyl (C=O) groups excluding carboxylic acids is 1. The van der Waals surface area contributed by atoms with Crippen molar-refractivity contribution in [2.45, 2.75) is 25.4 Å². The molecule has 2 atom stereocenters. The Balaban J connectivity index is 1.50. The molecule has 4 heterocycles. The zero-order valence-electron chi connectivity index (χ0n) is 16.9. The number of aromatic nitrogens is 2. The van der Waals surface area contributed by atoms with Crippen molar-refractivity contribution in [1.82, 2.24) is 14.0 Å². The van der Waals surface area contributed by atoms with E-state index in [1.54, 1.807) is 13.2 Å². The SMILES string of the molecule is COCCn1c(C(=O)N2CC3CC(C2)c2cccc(=O)n2C3)cc2cc(Cl)ccc21. The molecule has 1 saturated heterocycles. The molecule has 2 bridgehead atoms. The number of piperidine rings is 1. The maximum atomic E-state index is 13.6. The lowest BCUT2D eigenvalue weighted by Gasteiger charge is -2.42. The summed E-state index contributed by atoms with van der Waals surface area (Å²) in [6, 6.07) is 13.1. The topological polar surface area (TPSA) is 56.5 Å². The van der Waals surface area contributed by atoms with Gasteiger partial charge < -0.3 is 18.8 Å². The van der Waals surface area contributed by atoms with Crippen LogP contribution in [0.25, 0.3) is 10.9 Å². The highest BCUT2D eigenvalue weighted by molar-refractivity contribution is 6.31. The molecule has 2 aliphatic heterocycles. The number of likely N-dealkylation sites (tertiary alicyclic amines) is 1. The van der Waals surface area contributed by atoms with Crippen LogP contribution in [0.3, 0.4) is 0 Å². The second-order valence-electron chi connectivity index (χ2n) is 8.29. The summed E-state index contributed by atoms with van der Waals surface area (Å²) < 4.78 is 9.19. The lowest BCUT2D eigenvalue weighted by molar-refractivity contribution is 0.0582. The molecule has 3 aromatic rings. The molecule has 156 valence electrons. The molecule has 30 heavy (non-hydrogen) atoms. The van der Waals surface area contributed by atoms with Crippen molar-refractivity contribution in [3.05, 3.63) is 69.2 Å². The Hall–Kier alpha value is -2.57. The molecule has 2 unspecified atom stereocenters. The predicted molar refractivity (Wildman–Crippen MR) is 116 cm³/mol. The Morgan fingerprint density at radius 3 is 2.87 bits per heavy atom. The fraction of sp³-hybridized carbons (Fsp3) is 0.391. The minimum absolute atomic E-state index is 0.0276. The summed E-state index contributed by atoms with van der Waals surface area (Å²) in [6.45, 7) is 3.10. The molecule has 2 aliphatic rings. The van der Waals surface area contributed by atoms with Gasteiger partial charge in [0.2, 0.25) is 0 Å². The van der Waals surface area contributed by atoms with Gasteiger partial charge in [0.05, 0.1) is 6.61 Å². The minimum Gasteiger partial charge on any atom is -0.383 e. The number of ether oxygens (including phenoxy) is 1. The fourth-order valence-electron chi connectivity index (χ4n) is 5.07. The third kappa shape index (κ3) is 3.24. The Labute approximate surface area is 179 Å². The van der Waals surface area contributed by atoms with Crippen molar-refractivity contribution in [1.29, 1.82) is 0 Å². The average molecular weight is 426 g/mol. The summed E-state index contributed by atoms with van der Waals surface area (Å²) in [5.74, 6) is 0.521. The lowest BCUT2D eigenvalue weighted by atomic mass is 9.83. The van der Waals surface area contributed by atoms with Crippen LogP contribution in [0.2, 0.25) is 5.02 Å². The zero-order valence-corrected chi connectivity index (χ0v) is 17.6. The number of amides is 1. The molecular weight excluding hydrogens is 402 g/mol. The van der Waals surface area contributed by atoms with E-state index in [4.69, 9.17) is 16.3 Å². The first kappa shape index (κ1) is 19.4. The van der Waals surface area contributed by atoms with Gasteiger partial charge in [-0.15, -0.1) is 0 Å². The molecule has 7 heteroatoms. The smallest absolute Gasteiger partial charge is 0.270 e. The summed E-state index contributed by atoms with van der Waals surface area (Å²) in [4.78, 5) is 27.8. The van der Waals surface area contributed by atoms with Crippen LogP contribution in [0.15, 0.2) is 47.3 Å². The van der Waals surface area contributed by atoms with E-state index in [0.29, 0.717) is 49.4 Å². The number of fused-ring (bicyclic) bond motifs is 5. The molecule has 2 aromatic heterocycles. The molecule has 0 spiro atoms. The first-order valence-corrected chi connectivity index (χ1v) is 10.7. The maximum absolute atomic E-state index is 13.6. The van der Waals surface area contributed by atoms with Crippen LogP contribution in [0.5, 0.6) is 0 Å². The summed E-state index contributed by atoms with van der Waals surface area (Å²) in [7, 11) is 1.66. The number of benzene rings is 1. The lowest BCUT2D eigenvalue weighted by Crippen LogP contribution is -2.49. The van der Waals surface area contributed by atoms with E-state index in [0.717, 1.165) is 23.0 Å². The number of hydrogen-bond acceptors (Lipinski definition) is 3. The molecule has 5 rings (SSSR count). The van der Waals surface area contributed by atoms with E-state index in [1.807, 2.05) is 50.4 Å². The van der Waals surface area contributed by atoms with Crippen molar-refractivity contribution in [2.24, 2.45) is 5.92 Å². The van der Waals surface area contributed by atoms with E-state index in [9.17, 15) is 9.59 Å². The van der Waals surface area contributed by atoms with Gasteiger partial charge in [-0.2, -0.15) is 0 Å². The number of pyridine rings is 1. The highest BCUT2D eigenvalue weighted by Crippen LogP contribution is 2.36. The van der Waals surface area contributed by atoms with E-state index in [2.05, 4.69) is 0 Å². The van der Waals surface area contributed by atoms with Gasteiger partial charge in [-0.1, -0.05) is 17.7 Å². The fourth-order valence-corrected chi connectivity index (χ4v) is 5.25. The number of nitrogens with zero attached hydrogens (tertiary/aromatic N) is 3. The van der Waals surface area contributed by atoms with Crippen LogP contribution in [0.4, 0.5) is 0 Å². The summed E-state index contributed by atoms with van der Waals surface area (Å²) in [5, 5.41) is 1.61. The third-order valence-corrected chi connectivity index (χ3v) is 6.60. The molecule has 0 aliphatic carbocycles. The van der Waals surface area contributed by atoms with Crippen LogP contribution in [0, 0.1) is 5.92 Å². The second-order valence-corrected chi connectivity index (χ2v) is 8.72. The molecule has 1 amide bonds. The van der Waals surface area contributed by atoms with Crippen molar-refractivity contribution < 1.29 is 9.53 Å². The van der Waals surface area contributed by atoms with Gasteiger partial charge in [0, 0.05) is 66.9 Å². The van der Waals surface area contributed by atoms with Gasteiger partial charge in [-0.3, -0.25) is 9.59 Å². The van der Waals surface area contributed by atoms with E-state index in [1.165, 1.54) is 0 Å². The summed E-state index contributed by atoms with van der Waals surface area (Å²) in [6.07, 6.45) is 1.02. The van der Waals surface area contributed by atoms with Crippen molar-refractivity contribution >= 4 is 28.4 Å². The minimum atomic E-state index is 0.0276. The highest BCUT2D eigenvalue weighted by Gasteiger charge is 2.37. The Kier molecular flexibility index (Phi) is 4.91. The van der Waals surface area contributed by atoms with Crippen molar-refractivity contribution in [2.75, 3.05) is 26.8 Å². The maximum Gasteiger partial charge on any atom is 0.270 e. The Morgan fingerprint density at radius 2 is 2.03 bits per heavy atom. The summed E-state index contributed by atoms with van der Waals surface area (Å²) in [5.41, 5.74) is 2.74. The molecule has 0 radical (unpaired) electrons. The molecule has 0 N–H and O–H groups in total. The quantitative estimate of drug-likeness (QED) is 0.644. The van der Waals surface area contributed by atoms with Gasteiger partial charge in [0.15, 0.2) is 0 Å². The summed E-state index contributed by atoms with van der Waals surface area (Å²) >= 11 is 6.18. The second kappa shape index (κ2) is 7.60. The van der Waals surface area contributed by atoms with Crippen LogP contribution in [-0.2, 0) is 17.8 Å². The van der Waals surface area contributed by atoms with E-state index < -0.39 is 0 Å². The number of methoxy groups -OCH3 is 1. The van der Waals surface area contributed by atoms with Crippen molar-refractivity contribution in [3.63, 3.8) is 0 Å². The van der Waals surface area contributed by atoms with Gasteiger partial charge in [0.25, 0.3) is 11.5 Å². The Morgan fingerprint density at radius 1 is 1.17 bits per heavy atom. The third-order valence-electron chi connectivity index (χ3n) is 6.37. The van der Waals surface area contributed by atoms with Crippen LogP contribution >= 0.6 is 11.6 Å². The molecule has 1 aromatic carbocycles. The number of hydrogen-bond donors (Lipinski definition) is 0. The standard InChI is InChI=1S/C23H24ClN3O3/c1-30-8-7-26-20-6-5-18(24)10-16(20)11-21(26)23(29)25-12-15-9-17(14-25)19-3-2-4-22(28)27(19)13-15/h2-6,10-11,15,17H,7-9,12-14H2,1H3. The molecule has 0 saturated carbocycles. The number of carbonyl (C=O) groups is 1. The molecular formula is C23H24ClN3O3. The van der Waals surface area contributed by atoms with E-state index in [-0.39, 0.29) is 17.4 Å². The average Bonchev–Trinajstić information content (AvgIpc) is 3.09. The van der Waals surface area contributed by atoms with Gasteiger partial charge in [0.1, 0.15) is 5.69 Å². The molecule has 1 fully saturated rings. The predicted octanol–water partition coefficient (Wildman–Crippen LogP) is 3.36. The van der Waals surface area contributed by atoms with Gasteiger partial charge in [-0.05, 0) is 42.7 Å². The van der Waals surface area contributed by atoms with Crippen LogP contribution < -0.4 is 5.56 Å². The Bertz CT molecular complexity index is 1180. The first-order valence-electron chi connectivity index (χ1n) is 10.3. The first-order chi connectivity index (χ1) is 14.5. The number of halogens is 1. The zero-order chi connectivity index (χ0) is 20.8. The van der Waals surface area contributed by atoms with Crippen LogP contribution in [0.1, 0.15) is 28.5 Å². The van der Waals surface area contributed by atoms with E-state index >= 15 is 0 Å². The van der Waals surface area contributed by atoms with Crippen molar-refractivity contribution in [3.8, 4) is 0 Å². The highest BCUT2D eigenvalue weighted by atomic mass is 35.5. The van der Waals surface area contributed by atoms with Gasteiger partial charge in [-0.25, -0.2) is 0 Å².